The minimum Gasteiger partial charge on any atom is -0.289 e. The van der Waals surface area contributed by atoms with Crippen molar-refractivity contribution in [1.82, 2.24) is 4.31 Å². The summed E-state index contributed by atoms with van der Waals surface area (Å²) in [6.45, 7) is 4.59. The Labute approximate surface area is 185 Å². The second kappa shape index (κ2) is 6.74. The zero-order valence-electron chi connectivity index (χ0n) is 16.9. The van der Waals surface area contributed by atoms with Crippen molar-refractivity contribution in [3.05, 3.63) is 86.4 Å². The number of aryl methyl sites for hydroxylation is 1. The number of hydrogen-bond acceptors (Lipinski definition) is 3. The summed E-state index contributed by atoms with van der Waals surface area (Å²) >= 11 is 3.41. The maximum Gasteiger partial charge on any atom is 0.243 e. The van der Waals surface area contributed by atoms with Gasteiger partial charge >= 0.3 is 0 Å². The van der Waals surface area contributed by atoms with Crippen LogP contribution in [-0.2, 0) is 10.0 Å². The van der Waals surface area contributed by atoms with E-state index in [4.69, 9.17) is 0 Å². The Balaban J connectivity index is 1.54. The van der Waals surface area contributed by atoms with Crippen molar-refractivity contribution < 1.29 is 13.2 Å². The predicted molar refractivity (Wildman–Crippen MR) is 120 cm³/mol. The van der Waals surface area contributed by atoms with E-state index in [-0.39, 0.29) is 17.7 Å². The largest absolute Gasteiger partial charge is 0.289 e. The Bertz CT molecular complexity index is 1230. The fourth-order valence-electron chi connectivity index (χ4n) is 4.92. The molecule has 0 amide bonds. The van der Waals surface area contributed by atoms with E-state index in [2.05, 4.69) is 15.9 Å². The molecular weight excluding hydrogens is 462 g/mol. The maximum atomic E-state index is 13.4. The van der Waals surface area contributed by atoms with Crippen LogP contribution in [0.2, 0.25) is 0 Å². The van der Waals surface area contributed by atoms with E-state index in [0.29, 0.717) is 17.0 Å². The van der Waals surface area contributed by atoms with Gasteiger partial charge in [-0.3, -0.25) is 4.79 Å². The molecule has 0 N–H and O–H groups in total. The van der Waals surface area contributed by atoms with Gasteiger partial charge in [-0.2, -0.15) is 4.31 Å². The summed E-state index contributed by atoms with van der Waals surface area (Å²) in [6.07, 6.45) is 1.96. The number of halogens is 1. The molecule has 0 atom stereocenters. The normalized spacial score (nSPS) is 20.2. The first-order valence-corrected chi connectivity index (χ1v) is 12.3. The van der Waals surface area contributed by atoms with Gasteiger partial charge < -0.3 is 0 Å². The Morgan fingerprint density at radius 3 is 2.20 bits per heavy atom. The average molecular weight is 484 g/mol. The van der Waals surface area contributed by atoms with Crippen molar-refractivity contribution in [3.63, 3.8) is 0 Å². The summed E-state index contributed by atoms with van der Waals surface area (Å²) in [6, 6.07) is 14.3. The number of rotatable bonds is 4. The van der Waals surface area contributed by atoms with Gasteiger partial charge in [0.1, 0.15) is 0 Å². The molecule has 3 aliphatic rings. The Morgan fingerprint density at radius 1 is 0.967 bits per heavy atom. The molecule has 1 heterocycles. The standard InChI is InChI=1S/C24H22BrNO3S/c1-15-3-9-19(10-4-15)30(28,29)26-13-16(2)21-20(14-26)22(24(21)11-12-24)23(27)17-5-7-18(25)8-6-17/h3-10H,11-14H2,1-2H3. The smallest absolute Gasteiger partial charge is 0.243 e. The van der Waals surface area contributed by atoms with Crippen LogP contribution in [0.4, 0.5) is 0 Å². The van der Waals surface area contributed by atoms with Crippen molar-refractivity contribution in [2.45, 2.75) is 31.6 Å². The van der Waals surface area contributed by atoms with E-state index in [0.717, 1.165) is 39.6 Å². The molecule has 1 fully saturated rings. The van der Waals surface area contributed by atoms with Crippen LogP contribution in [0, 0.1) is 12.3 Å². The fourth-order valence-corrected chi connectivity index (χ4v) is 6.62. The first kappa shape index (κ1) is 19.9. The second-order valence-corrected chi connectivity index (χ2v) is 11.4. The Hall–Kier alpha value is -2.02. The van der Waals surface area contributed by atoms with Crippen LogP contribution in [0.5, 0.6) is 0 Å². The van der Waals surface area contributed by atoms with Crippen LogP contribution in [0.25, 0.3) is 0 Å². The van der Waals surface area contributed by atoms with Crippen molar-refractivity contribution in [1.29, 1.82) is 0 Å². The van der Waals surface area contributed by atoms with Gasteiger partial charge in [0.15, 0.2) is 5.78 Å². The first-order chi connectivity index (χ1) is 14.2. The Kier molecular flexibility index (Phi) is 4.47. The Morgan fingerprint density at radius 2 is 1.60 bits per heavy atom. The zero-order valence-corrected chi connectivity index (χ0v) is 19.3. The highest BCUT2D eigenvalue weighted by molar-refractivity contribution is 9.10. The van der Waals surface area contributed by atoms with Crippen molar-refractivity contribution in [2.75, 3.05) is 13.1 Å². The lowest BCUT2D eigenvalue weighted by Gasteiger charge is -2.44. The van der Waals surface area contributed by atoms with Crippen LogP contribution >= 0.6 is 15.9 Å². The highest BCUT2D eigenvalue weighted by Gasteiger charge is 2.62. The second-order valence-electron chi connectivity index (χ2n) is 8.51. The SMILES string of the molecule is CC1=C2C(=C(C(=O)c3ccc(Br)cc3)C23CC3)CN(S(=O)(=O)c2ccc(C)cc2)C1. The van der Waals surface area contributed by atoms with E-state index in [1.54, 1.807) is 12.1 Å². The summed E-state index contributed by atoms with van der Waals surface area (Å²) in [5.41, 5.74) is 5.58. The molecule has 2 aliphatic carbocycles. The third kappa shape index (κ3) is 2.88. The molecule has 0 aromatic heterocycles. The van der Waals surface area contributed by atoms with Crippen LogP contribution in [0.1, 0.15) is 35.7 Å². The van der Waals surface area contributed by atoms with E-state index >= 15 is 0 Å². The first-order valence-electron chi connectivity index (χ1n) is 10.1. The molecule has 1 spiro atoms. The van der Waals surface area contributed by atoms with Gasteiger partial charge in [-0.15, -0.1) is 0 Å². The number of allylic oxidation sites excluding steroid dienone is 1. The van der Waals surface area contributed by atoms with Gasteiger partial charge in [-0.25, -0.2) is 8.42 Å². The van der Waals surface area contributed by atoms with Gasteiger partial charge in [0.25, 0.3) is 0 Å². The van der Waals surface area contributed by atoms with Crippen LogP contribution in [-0.4, -0.2) is 31.6 Å². The predicted octanol–water partition coefficient (Wildman–Crippen LogP) is 5.05. The molecule has 30 heavy (non-hydrogen) atoms. The summed E-state index contributed by atoms with van der Waals surface area (Å²) in [5.74, 6) is 0.0288. The van der Waals surface area contributed by atoms with Crippen LogP contribution < -0.4 is 0 Å². The van der Waals surface area contributed by atoms with Crippen molar-refractivity contribution in [3.8, 4) is 0 Å². The molecular formula is C24H22BrNO3S. The van der Waals surface area contributed by atoms with Crippen LogP contribution in [0.15, 0.2) is 80.2 Å². The number of ketones is 1. The number of carbonyl (C=O) groups is 1. The molecule has 2 aromatic carbocycles. The van der Waals surface area contributed by atoms with Gasteiger partial charge in [-0.1, -0.05) is 39.2 Å². The molecule has 4 nitrogen and oxygen atoms in total. The highest BCUT2D eigenvalue weighted by atomic mass is 79.9. The van der Waals surface area contributed by atoms with Crippen molar-refractivity contribution in [2.24, 2.45) is 5.41 Å². The van der Waals surface area contributed by atoms with E-state index < -0.39 is 10.0 Å². The zero-order chi connectivity index (χ0) is 21.3. The average Bonchev–Trinajstić information content (AvgIpc) is 3.51. The lowest BCUT2D eigenvalue weighted by molar-refractivity contribution is 0.101. The summed E-state index contributed by atoms with van der Waals surface area (Å²) in [5, 5.41) is 0. The van der Waals surface area contributed by atoms with Gasteiger partial charge in [-0.05, 0) is 74.2 Å². The summed E-state index contributed by atoms with van der Waals surface area (Å²) in [4.78, 5) is 13.7. The lowest BCUT2D eigenvalue weighted by atomic mass is 9.64. The number of sulfonamides is 1. The van der Waals surface area contributed by atoms with Gasteiger partial charge in [0.05, 0.1) is 4.90 Å². The maximum absolute atomic E-state index is 13.4. The van der Waals surface area contributed by atoms with E-state index in [1.807, 2.05) is 50.2 Å². The molecule has 0 radical (unpaired) electrons. The molecule has 6 heteroatoms. The molecule has 5 rings (SSSR count). The third-order valence-corrected chi connectivity index (χ3v) is 8.81. The number of benzene rings is 2. The number of carbonyl (C=O) groups excluding carboxylic acids is 1. The molecule has 154 valence electrons. The van der Waals surface area contributed by atoms with Crippen LogP contribution in [0.3, 0.4) is 0 Å². The number of fused-ring (bicyclic) bond motifs is 2. The topological polar surface area (TPSA) is 54.5 Å². The number of hydrogen-bond donors (Lipinski definition) is 0. The third-order valence-electron chi connectivity index (χ3n) is 6.48. The monoisotopic (exact) mass is 483 g/mol. The van der Waals surface area contributed by atoms with Crippen molar-refractivity contribution >= 4 is 31.7 Å². The van der Waals surface area contributed by atoms with Gasteiger partial charge in [0, 0.05) is 34.1 Å². The molecule has 0 saturated heterocycles. The summed E-state index contributed by atoms with van der Waals surface area (Å²) in [7, 11) is -3.62. The summed E-state index contributed by atoms with van der Waals surface area (Å²) < 4.78 is 29.0. The quantitative estimate of drug-likeness (QED) is 0.571. The molecule has 0 unspecified atom stereocenters. The number of Topliss-reactive ketones (excluding diaryl/α,β-unsaturated/α-hetero) is 1. The van der Waals surface area contributed by atoms with Gasteiger partial charge in [0.2, 0.25) is 10.0 Å². The lowest BCUT2D eigenvalue weighted by Crippen LogP contribution is -2.45. The highest BCUT2D eigenvalue weighted by Crippen LogP contribution is 2.69. The van der Waals surface area contributed by atoms with E-state index in [9.17, 15) is 13.2 Å². The fraction of sp³-hybridized carbons (Fsp3) is 0.292. The molecule has 0 bridgehead atoms. The molecule has 1 saturated carbocycles. The molecule has 2 aromatic rings. The number of nitrogens with zero attached hydrogens (tertiary/aromatic N) is 1. The minimum absolute atomic E-state index is 0.0288. The molecule has 1 aliphatic heterocycles. The minimum atomic E-state index is -3.62. The van der Waals surface area contributed by atoms with E-state index in [1.165, 1.54) is 9.88 Å².